The number of carbonyl (C=O) groups is 1. The molecule has 38 heavy (non-hydrogen) atoms. The summed E-state index contributed by atoms with van der Waals surface area (Å²) in [5.74, 6) is -1.12. The highest BCUT2D eigenvalue weighted by molar-refractivity contribution is 7.84. The number of ketones is 1. The van der Waals surface area contributed by atoms with Gasteiger partial charge in [0.2, 0.25) is 0 Å². The number of pyridine rings is 1. The number of nitrogens with two attached hydrogens (primary N) is 1. The second-order valence-electron chi connectivity index (χ2n) is 8.94. The van der Waals surface area contributed by atoms with Crippen molar-refractivity contribution in [3.8, 4) is 5.75 Å². The molecule has 2 aromatic heterocycles. The monoisotopic (exact) mass is 554 g/mol. The number of aliphatic hydroxyl groups excluding tert-OH is 1. The number of ether oxygens (including phenoxy) is 1. The number of hydrogen-bond donors (Lipinski definition) is 3. The number of carbonyl (C=O) groups excluding carboxylic acids is 1. The maximum atomic E-state index is 13.3. The zero-order valence-corrected chi connectivity index (χ0v) is 20.7. The van der Waals surface area contributed by atoms with Crippen LogP contribution in [0.3, 0.4) is 0 Å². The summed E-state index contributed by atoms with van der Waals surface area (Å²) in [6.45, 7) is -0.0402. The molecule has 0 amide bonds. The molecule has 1 aliphatic carbocycles. The molecule has 14 heteroatoms. The van der Waals surface area contributed by atoms with E-state index in [9.17, 15) is 31.5 Å². The average Bonchev–Trinajstić information content (AvgIpc) is 3.42. The van der Waals surface area contributed by atoms with Crippen LogP contribution in [-0.4, -0.2) is 54.0 Å². The first-order chi connectivity index (χ1) is 17.9. The largest absolute Gasteiger partial charge is 0.573 e. The van der Waals surface area contributed by atoms with Gasteiger partial charge in [-0.1, -0.05) is 12.1 Å². The van der Waals surface area contributed by atoms with Gasteiger partial charge in [-0.15, -0.1) is 13.2 Å². The van der Waals surface area contributed by atoms with Gasteiger partial charge in [-0.05, 0) is 42.7 Å². The van der Waals surface area contributed by atoms with E-state index in [0.29, 0.717) is 29.7 Å². The number of nitrogens with zero attached hydrogens (tertiary/aromatic N) is 2. The van der Waals surface area contributed by atoms with Gasteiger partial charge in [0, 0.05) is 54.5 Å². The lowest BCUT2D eigenvalue weighted by Crippen LogP contribution is -2.24. The van der Waals surface area contributed by atoms with Gasteiger partial charge in [-0.25, -0.2) is 5.14 Å². The molecule has 4 rings (SSSR count). The van der Waals surface area contributed by atoms with Gasteiger partial charge in [-0.2, -0.15) is 8.42 Å². The fourth-order valence-corrected chi connectivity index (χ4v) is 4.75. The van der Waals surface area contributed by atoms with Crippen molar-refractivity contribution in [3.05, 3.63) is 77.9 Å². The number of nitrogens with one attached hydrogen (secondary N) is 1. The van der Waals surface area contributed by atoms with E-state index in [1.54, 1.807) is 35.2 Å². The normalized spacial score (nSPS) is 19.9. The predicted molar refractivity (Wildman–Crippen MR) is 130 cm³/mol. The second kappa shape index (κ2) is 11.1. The second-order valence-corrected chi connectivity index (χ2v) is 10.2. The number of rotatable bonds is 10. The number of halogens is 3. The van der Waals surface area contributed by atoms with Gasteiger partial charge in [0.1, 0.15) is 5.75 Å². The molecule has 1 aliphatic rings. The zero-order chi connectivity index (χ0) is 27.5. The van der Waals surface area contributed by atoms with Crippen LogP contribution in [0.4, 0.5) is 18.9 Å². The molecule has 0 saturated heterocycles. The molecular weight excluding hydrogens is 529 g/mol. The third-order valence-electron chi connectivity index (χ3n) is 6.04. The summed E-state index contributed by atoms with van der Waals surface area (Å²) in [5, 5.41) is 18.4. The summed E-state index contributed by atoms with van der Waals surface area (Å²) >= 11 is 0. The van der Waals surface area contributed by atoms with E-state index in [1.165, 1.54) is 30.6 Å². The Hall–Kier alpha value is -3.46. The number of aromatic nitrogens is 2. The third kappa shape index (κ3) is 7.54. The lowest BCUT2D eigenvalue weighted by atomic mass is 10.1. The lowest BCUT2D eigenvalue weighted by molar-refractivity contribution is -0.274. The van der Waals surface area contributed by atoms with Crippen molar-refractivity contribution in [3.63, 3.8) is 0 Å². The van der Waals surface area contributed by atoms with E-state index in [0.717, 1.165) is 0 Å². The Morgan fingerprint density at radius 2 is 2.03 bits per heavy atom. The average molecular weight is 555 g/mol. The number of hydrogen-bond acceptors (Lipinski definition) is 8. The first kappa shape index (κ1) is 27.6. The van der Waals surface area contributed by atoms with Crippen LogP contribution in [0.2, 0.25) is 0 Å². The molecule has 1 fully saturated rings. The number of aliphatic hydroxyl groups is 1. The van der Waals surface area contributed by atoms with Crippen molar-refractivity contribution in [2.24, 2.45) is 11.1 Å². The van der Waals surface area contributed by atoms with Crippen molar-refractivity contribution in [2.45, 2.75) is 37.9 Å². The molecule has 0 radical (unpaired) electrons. The summed E-state index contributed by atoms with van der Waals surface area (Å²) in [4.78, 5) is 17.3. The Kier molecular flexibility index (Phi) is 8.06. The molecule has 10 nitrogen and oxygen atoms in total. The lowest BCUT2D eigenvalue weighted by Gasteiger charge is -2.16. The molecule has 0 unspecified atom stereocenters. The molecule has 0 spiro atoms. The Bertz CT molecular complexity index is 1400. The highest BCUT2D eigenvalue weighted by Crippen LogP contribution is 2.31. The fourth-order valence-electron chi connectivity index (χ4n) is 4.38. The summed E-state index contributed by atoms with van der Waals surface area (Å²) in [5.41, 5.74) is 1.66. The maximum absolute atomic E-state index is 13.3. The standard InChI is InChI=1S/C24H25F3N4O6S/c25-24(26,27)37-19-3-1-2-15(8-19)12-31-7-5-16(13-31)23(33)20-11-29-6-4-21(20)30-18-9-17(22(32)10-18)14-36-38(28,34)35/h1-8,11,13,17-18,22,32H,9-10,12,14H2,(H,29,30)(H2,28,34,35)/t17-,18-,22+/m1/s1. The molecule has 3 aromatic rings. The SMILES string of the molecule is NS(=O)(=O)OC[C@H]1C[C@@H](Nc2ccncc2C(=O)c2ccn(Cc3cccc(OC(F)(F)F)c3)c2)C[C@@H]1O. The van der Waals surface area contributed by atoms with E-state index in [-0.39, 0.29) is 36.3 Å². The van der Waals surface area contributed by atoms with Crippen LogP contribution >= 0.6 is 0 Å². The number of benzene rings is 1. The molecule has 0 bridgehead atoms. The van der Waals surface area contributed by atoms with Gasteiger partial charge in [-0.3, -0.25) is 14.0 Å². The van der Waals surface area contributed by atoms with Gasteiger partial charge in [0.05, 0.1) is 18.3 Å². The van der Waals surface area contributed by atoms with Crippen LogP contribution in [0.15, 0.2) is 61.2 Å². The first-order valence-corrected chi connectivity index (χ1v) is 12.9. The number of alkyl halides is 3. The van der Waals surface area contributed by atoms with Crippen LogP contribution in [0, 0.1) is 5.92 Å². The molecule has 0 aliphatic heterocycles. The Morgan fingerprint density at radius 3 is 2.76 bits per heavy atom. The van der Waals surface area contributed by atoms with Gasteiger partial charge >= 0.3 is 16.7 Å². The Labute approximate surface area is 216 Å². The minimum absolute atomic E-state index is 0.211. The third-order valence-corrected chi connectivity index (χ3v) is 6.50. The summed E-state index contributed by atoms with van der Waals surface area (Å²) < 4.78 is 69.9. The molecule has 204 valence electrons. The number of anilines is 1. The minimum Gasteiger partial charge on any atom is -0.406 e. The van der Waals surface area contributed by atoms with E-state index < -0.39 is 28.7 Å². The van der Waals surface area contributed by atoms with Gasteiger partial charge in [0.25, 0.3) is 0 Å². The highest BCUT2D eigenvalue weighted by Gasteiger charge is 2.34. The van der Waals surface area contributed by atoms with Crippen molar-refractivity contribution in [1.29, 1.82) is 0 Å². The van der Waals surface area contributed by atoms with E-state index >= 15 is 0 Å². The quantitative estimate of drug-likeness (QED) is 0.325. The summed E-state index contributed by atoms with van der Waals surface area (Å²) in [6.07, 6.45) is 1.22. The molecule has 1 saturated carbocycles. The van der Waals surface area contributed by atoms with Crippen molar-refractivity contribution < 1.29 is 40.4 Å². The van der Waals surface area contributed by atoms with Crippen LogP contribution in [0.25, 0.3) is 0 Å². The highest BCUT2D eigenvalue weighted by atomic mass is 32.2. The maximum Gasteiger partial charge on any atom is 0.573 e. The predicted octanol–water partition coefficient (Wildman–Crippen LogP) is 2.83. The van der Waals surface area contributed by atoms with Crippen LogP contribution in [0.5, 0.6) is 5.75 Å². The van der Waals surface area contributed by atoms with E-state index in [4.69, 9.17) is 5.14 Å². The molecule has 1 aromatic carbocycles. The molecular formula is C24H25F3N4O6S. The van der Waals surface area contributed by atoms with Crippen molar-refractivity contribution in [1.82, 2.24) is 9.55 Å². The first-order valence-electron chi connectivity index (χ1n) is 11.5. The van der Waals surface area contributed by atoms with Gasteiger partial charge < -0.3 is 19.7 Å². The minimum atomic E-state index is -4.79. The Morgan fingerprint density at radius 1 is 1.24 bits per heavy atom. The molecule has 4 N–H and O–H groups in total. The fraction of sp³-hybridized carbons (Fsp3) is 0.333. The molecule has 2 heterocycles. The van der Waals surface area contributed by atoms with Crippen LogP contribution in [0.1, 0.15) is 34.3 Å². The van der Waals surface area contributed by atoms with Gasteiger partial charge in [0.15, 0.2) is 5.78 Å². The summed E-state index contributed by atoms with van der Waals surface area (Å²) in [6, 6.07) is 8.53. The van der Waals surface area contributed by atoms with Crippen LogP contribution < -0.4 is 15.2 Å². The Balaban J connectivity index is 1.43. The zero-order valence-electron chi connectivity index (χ0n) is 19.8. The summed E-state index contributed by atoms with van der Waals surface area (Å²) in [7, 11) is -4.13. The smallest absolute Gasteiger partial charge is 0.406 e. The van der Waals surface area contributed by atoms with Crippen LogP contribution in [-0.2, 0) is 21.0 Å². The molecule has 3 atom stereocenters. The van der Waals surface area contributed by atoms with E-state index in [1.807, 2.05) is 0 Å². The topological polar surface area (TPSA) is 146 Å². The van der Waals surface area contributed by atoms with Crippen molar-refractivity contribution >= 4 is 21.8 Å². The van der Waals surface area contributed by atoms with Crippen molar-refractivity contribution in [2.75, 3.05) is 11.9 Å². The van der Waals surface area contributed by atoms with E-state index in [2.05, 4.69) is 19.2 Å².